The maximum Gasteiger partial charge on any atom is 0.193 e. The molecule has 0 aliphatic heterocycles. The number of phenols is 2. The fraction of sp³-hybridized carbons (Fsp3) is 0. The van der Waals surface area contributed by atoms with Crippen LogP contribution >= 0.6 is 46.4 Å². The predicted octanol–water partition coefficient (Wildman–Crippen LogP) is 16.8. The van der Waals surface area contributed by atoms with Crippen LogP contribution in [0.15, 0.2) is 243 Å². The highest BCUT2D eigenvalue weighted by molar-refractivity contribution is 6.32. The first-order valence-electron chi connectivity index (χ1n) is 23.8. The van der Waals surface area contributed by atoms with Crippen LogP contribution in [0, 0.1) is 0 Å². The van der Waals surface area contributed by atoms with Gasteiger partial charge in [-0.15, -0.1) is 0 Å². The van der Waals surface area contributed by atoms with E-state index in [2.05, 4.69) is 0 Å². The molecule has 0 saturated carbocycles. The van der Waals surface area contributed by atoms with Crippen LogP contribution in [0.1, 0.15) is 79.6 Å². The molecule has 0 aliphatic carbocycles. The Balaban J connectivity index is 0.000000202. The number of carbonyl (C=O) groups is 5. The normalized spacial score (nSPS) is 10.4. The molecule has 0 saturated heterocycles. The van der Waals surface area contributed by atoms with Gasteiger partial charge in [-0.2, -0.15) is 0 Å². The highest BCUT2D eigenvalue weighted by atomic mass is 35.5. The molecule has 10 aromatic carbocycles. The van der Waals surface area contributed by atoms with Crippen LogP contribution in [0.25, 0.3) is 0 Å². The van der Waals surface area contributed by atoms with Crippen molar-refractivity contribution in [3.05, 3.63) is 318 Å². The van der Waals surface area contributed by atoms with Gasteiger partial charge in [0.15, 0.2) is 28.9 Å². The summed E-state index contributed by atoms with van der Waals surface area (Å²) < 4.78 is 11.8. The Hall–Kier alpha value is -9.09. The molecule has 0 fully saturated rings. The van der Waals surface area contributed by atoms with Crippen molar-refractivity contribution in [3.63, 3.8) is 0 Å². The van der Waals surface area contributed by atoms with Crippen molar-refractivity contribution in [3.8, 4) is 34.5 Å². The molecule has 78 heavy (non-hydrogen) atoms. The Bertz CT molecular complexity index is 3340. The molecule has 0 unspecified atom stereocenters. The number of hydrogen-bond donors (Lipinski definition) is 2. The van der Waals surface area contributed by atoms with E-state index in [1.165, 1.54) is 24.3 Å². The smallest absolute Gasteiger partial charge is 0.193 e. The van der Waals surface area contributed by atoms with Gasteiger partial charge in [-0.3, -0.25) is 24.0 Å². The molecule has 9 nitrogen and oxygen atoms in total. The van der Waals surface area contributed by atoms with Gasteiger partial charge in [-0.05, 0) is 243 Å². The van der Waals surface area contributed by atoms with Crippen molar-refractivity contribution < 1.29 is 43.7 Å². The zero-order valence-corrected chi connectivity index (χ0v) is 43.9. The summed E-state index contributed by atoms with van der Waals surface area (Å²) in [6, 6.07) is 66.6. The van der Waals surface area contributed by atoms with Gasteiger partial charge in [0.05, 0.1) is 0 Å². The zero-order valence-electron chi connectivity index (χ0n) is 40.9. The molecule has 0 amide bonds. The lowest BCUT2D eigenvalue weighted by atomic mass is 10.0. The summed E-state index contributed by atoms with van der Waals surface area (Å²) in [5.74, 6) is 1.95. The summed E-state index contributed by atoms with van der Waals surface area (Å²) in [5.41, 5.74) is 5.42. The van der Waals surface area contributed by atoms with Crippen molar-refractivity contribution in [2.24, 2.45) is 0 Å². The first-order valence-corrected chi connectivity index (χ1v) is 25.3. The average molecular weight is 1110 g/mol. The lowest BCUT2D eigenvalue weighted by Gasteiger charge is -2.09. The van der Waals surface area contributed by atoms with E-state index in [9.17, 15) is 24.0 Å². The summed E-state index contributed by atoms with van der Waals surface area (Å²) in [6.45, 7) is 0. The van der Waals surface area contributed by atoms with Gasteiger partial charge in [0, 0.05) is 75.7 Å². The van der Waals surface area contributed by atoms with Gasteiger partial charge in [-0.1, -0.05) is 46.4 Å². The van der Waals surface area contributed by atoms with Crippen molar-refractivity contribution in [2.45, 2.75) is 0 Å². The van der Waals surface area contributed by atoms with Gasteiger partial charge in [0.1, 0.15) is 34.5 Å². The quantitative estimate of drug-likeness (QED) is 0.102. The molecular weight excluding hydrogens is 1070 g/mol. The van der Waals surface area contributed by atoms with E-state index in [0.717, 1.165) is 0 Å². The second-order valence-corrected chi connectivity index (χ2v) is 18.8. The van der Waals surface area contributed by atoms with Crippen LogP contribution < -0.4 is 9.47 Å². The fourth-order valence-electron chi connectivity index (χ4n) is 7.43. The number of halogens is 4. The molecule has 0 bridgehead atoms. The summed E-state index contributed by atoms with van der Waals surface area (Å²) in [4.78, 5) is 62.4. The maximum absolute atomic E-state index is 13.1. The highest BCUT2D eigenvalue weighted by Gasteiger charge is 2.14. The number of benzene rings is 10. The molecule has 0 aliphatic rings. The Labute approximate surface area is 469 Å². The Morgan fingerprint density at radius 1 is 0.218 bits per heavy atom. The molecule has 2 N–H and O–H groups in total. The molecule has 13 heteroatoms. The van der Waals surface area contributed by atoms with E-state index in [-0.39, 0.29) is 40.4 Å². The number of rotatable bonds is 14. The fourth-order valence-corrected chi connectivity index (χ4v) is 7.94. The maximum atomic E-state index is 13.1. The van der Waals surface area contributed by atoms with E-state index in [0.29, 0.717) is 98.7 Å². The van der Waals surface area contributed by atoms with E-state index >= 15 is 0 Å². The van der Waals surface area contributed by atoms with Crippen molar-refractivity contribution in [1.82, 2.24) is 0 Å². The van der Waals surface area contributed by atoms with Crippen molar-refractivity contribution in [2.75, 3.05) is 0 Å². The van der Waals surface area contributed by atoms with Crippen molar-refractivity contribution >= 4 is 75.3 Å². The standard InChI is InChI=1S/C39H24Cl2O5.C13H8Cl2O.C13H10O3/c40-31-13-1-25(2-14-31)37(42)27-5-17-33(18-6-27)45-35-21-9-29(10-22-35)39(44)30-11-23-36(24-12-30)46-34-19-7-28(8-20-34)38(43)26-3-15-32(41)16-4-26;2*14-11-5-1-9(2-6-11)13(16)10-3-7-12(15)8-4-10/h1-24H;1-8H;1-8,14-15H. The SMILES string of the molecule is O=C(c1ccc(Cl)cc1)c1ccc(Cl)cc1.O=C(c1ccc(Cl)cc1)c1ccc(Oc2ccc(C(=O)c3ccc(Oc4ccc(C(=O)c5ccc(Cl)cc5)cc4)cc3)cc2)cc1.O=C(c1ccc(O)cc1)c1ccc(O)cc1. The lowest BCUT2D eigenvalue weighted by Crippen LogP contribution is -2.01. The van der Waals surface area contributed by atoms with E-state index in [4.69, 9.17) is 66.1 Å². The van der Waals surface area contributed by atoms with Crippen LogP contribution in [-0.4, -0.2) is 39.1 Å². The van der Waals surface area contributed by atoms with Crippen LogP contribution in [0.3, 0.4) is 0 Å². The van der Waals surface area contributed by atoms with Gasteiger partial charge in [0.2, 0.25) is 0 Å². The Kier molecular flexibility index (Phi) is 18.5. The summed E-state index contributed by atoms with van der Waals surface area (Å²) in [6.07, 6.45) is 0. The third-order valence-corrected chi connectivity index (χ3v) is 12.6. The Morgan fingerprint density at radius 3 is 0.500 bits per heavy atom. The monoisotopic (exact) mass is 1110 g/mol. The zero-order chi connectivity index (χ0) is 55.1. The number of hydrogen-bond acceptors (Lipinski definition) is 9. The van der Waals surface area contributed by atoms with E-state index < -0.39 is 0 Å². The number of phenolic OH excluding ortho intramolecular Hbond substituents is 2. The minimum absolute atomic E-state index is 0.0340. The van der Waals surface area contributed by atoms with E-state index in [1.54, 1.807) is 218 Å². The first-order chi connectivity index (χ1) is 37.6. The van der Waals surface area contributed by atoms with Crippen molar-refractivity contribution in [1.29, 1.82) is 0 Å². The van der Waals surface area contributed by atoms with Gasteiger partial charge >= 0.3 is 0 Å². The number of ketones is 5. The highest BCUT2D eigenvalue weighted by Crippen LogP contribution is 2.27. The molecule has 0 atom stereocenters. The molecule has 384 valence electrons. The first kappa shape index (κ1) is 55.2. The molecule has 10 rings (SSSR count). The minimum atomic E-state index is -0.145. The van der Waals surface area contributed by atoms with E-state index in [1.807, 2.05) is 0 Å². The second kappa shape index (κ2) is 26.1. The van der Waals surface area contributed by atoms with Crippen LogP contribution in [-0.2, 0) is 0 Å². The number of ether oxygens (including phenoxy) is 2. The van der Waals surface area contributed by atoms with Gasteiger partial charge < -0.3 is 19.7 Å². The van der Waals surface area contributed by atoms with Crippen LogP contribution in [0.2, 0.25) is 20.1 Å². The number of aromatic hydroxyl groups is 2. The van der Waals surface area contributed by atoms with Gasteiger partial charge in [0.25, 0.3) is 0 Å². The third-order valence-electron chi connectivity index (χ3n) is 11.6. The molecule has 10 aromatic rings. The second-order valence-electron chi connectivity index (χ2n) is 17.1. The predicted molar refractivity (Wildman–Crippen MR) is 305 cm³/mol. The lowest BCUT2D eigenvalue weighted by molar-refractivity contribution is 0.103. The minimum Gasteiger partial charge on any atom is -0.508 e. The third kappa shape index (κ3) is 15.1. The average Bonchev–Trinajstić information content (AvgIpc) is 3.49. The summed E-state index contributed by atoms with van der Waals surface area (Å²) in [5, 5.41) is 20.6. The largest absolute Gasteiger partial charge is 0.508 e. The molecule has 0 spiro atoms. The topological polar surface area (TPSA) is 144 Å². The molecule has 0 radical (unpaired) electrons. The molecule has 0 heterocycles. The molecule has 0 aromatic heterocycles. The van der Waals surface area contributed by atoms with Crippen LogP contribution in [0.4, 0.5) is 0 Å². The van der Waals surface area contributed by atoms with Gasteiger partial charge in [-0.25, -0.2) is 0 Å². The molecular formula is C65H42Cl4O9. The summed E-state index contributed by atoms with van der Waals surface area (Å²) in [7, 11) is 0. The summed E-state index contributed by atoms with van der Waals surface area (Å²) >= 11 is 23.3. The van der Waals surface area contributed by atoms with Crippen LogP contribution in [0.5, 0.6) is 34.5 Å². The Morgan fingerprint density at radius 2 is 0.346 bits per heavy atom. The number of carbonyl (C=O) groups excluding carboxylic acids is 5.